The maximum absolute atomic E-state index is 13.6. The van der Waals surface area contributed by atoms with Gasteiger partial charge in [0, 0.05) is 18.2 Å². The average Bonchev–Trinajstić information content (AvgIpc) is 2.54. The number of halogens is 3. The fraction of sp³-hybridized carbons (Fsp3) is 0.294. The molecule has 0 bridgehead atoms. The molecule has 0 spiro atoms. The SMILES string of the molecule is CC(NCC(O)COc1ccc(F)cc1)c1cccc(F)c1F. The number of benzene rings is 2. The van der Waals surface area contributed by atoms with Crippen LogP contribution in [-0.2, 0) is 0 Å². The summed E-state index contributed by atoms with van der Waals surface area (Å²) in [5.74, 6) is -1.74. The monoisotopic (exact) mass is 325 g/mol. The van der Waals surface area contributed by atoms with E-state index in [-0.39, 0.29) is 24.5 Å². The largest absolute Gasteiger partial charge is 0.491 e. The first-order valence-corrected chi connectivity index (χ1v) is 7.21. The molecule has 0 heterocycles. The zero-order valence-corrected chi connectivity index (χ0v) is 12.6. The van der Waals surface area contributed by atoms with Gasteiger partial charge in [-0.05, 0) is 37.3 Å². The number of rotatable bonds is 7. The average molecular weight is 325 g/mol. The highest BCUT2D eigenvalue weighted by Crippen LogP contribution is 2.18. The summed E-state index contributed by atoms with van der Waals surface area (Å²) in [7, 11) is 0. The Morgan fingerprint density at radius 3 is 2.48 bits per heavy atom. The maximum atomic E-state index is 13.6. The van der Waals surface area contributed by atoms with Crippen LogP contribution in [0.15, 0.2) is 42.5 Å². The molecule has 2 N–H and O–H groups in total. The normalized spacial score (nSPS) is 13.6. The number of aliphatic hydroxyl groups excluding tert-OH is 1. The van der Waals surface area contributed by atoms with Gasteiger partial charge in [-0.15, -0.1) is 0 Å². The summed E-state index contributed by atoms with van der Waals surface area (Å²) in [4.78, 5) is 0. The van der Waals surface area contributed by atoms with E-state index in [4.69, 9.17) is 4.74 Å². The molecular weight excluding hydrogens is 307 g/mol. The van der Waals surface area contributed by atoms with E-state index in [1.807, 2.05) is 0 Å². The number of hydrogen-bond donors (Lipinski definition) is 2. The van der Waals surface area contributed by atoms with Crippen LogP contribution in [-0.4, -0.2) is 24.4 Å². The second-order valence-electron chi connectivity index (χ2n) is 5.19. The highest BCUT2D eigenvalue weighted by molar-refractivity contribution is 5.23. The molecule has 0 saturated heterocycles. The van der Waals surface area contributed by atoms with E-state index < -0.39 is 23.8 Å². The minimum atomic E-state index is -0.906. The summed E-state index contributed by atoms with van der Waals surface area (Å²) in [5, 5.41) is 12.8. The van der Waals surface area contributed by atoms with Gasteiger partial charge in [0.1, 0.15) is 24.3 Å². The molecule has 2 aromatic rings. The molecule has 2 rings (SSSR count). The smallest absolute Gasteiger partial charge is 0.163 e. The van der Waals surface area contributed by atoms with Crippen molar-refractivity contribution in [2.45, 2.75) is 19.1 Å². The molecule has 3 nitrogen and oxygen atoms in total. The first-order valence-electron chi connectivity index (χ1n) is 7.21. The molecule has 2 aromatic carbocycles. The molecule has 2 unspecified atom stereocenters. The molecule has 0 aliphatic rings. The Hall–Kier alpha value is -2.05. The first-order chi connectivity index (χ1) is 11.0. The van der Waals surface area contributed by atoms with Crippen molar-refractivity contribution in [3.63, 3.8) is 0 Å². The minimum absolute atomic E-state index is 0.00299. The van der Waals surface area contributed by atoms with Crippen LogP contribution in [0.25, 0.3) is 0 Å². The second-order valence-corrected chi connectivity index (χ2v) is 5.19. The Morgan fingerprint density at radius 1 is 1.09 bits per heavy atom. The zero-order valence-electron chi connectivity index (χ0n) is 12.6. The number of ether oxygens (including phenoxy) is 1. The summed E-state index contributed by atoms with van der Waals surface area (Å²) in [5.41, 5.74) is 0.191. The number of nitrogens with one attached hydrogen (secondary N) is 1. The van der Waals surface area contributed by atoms with Crippen molar-refractivity contribution in [3.8, 4) is 5.75 Å². The predicted octanol–water partition coefficient (Wildman–Crippen LogP) is 3.19. The van der Waals surface area contributed by atoms with Crippen molar-refractivity contribution in [1.29, 1.82) is 0 Å². The van der Waals surface area contributed by atoms with E-state index in [1.54, 1.807) is 6.92 Å². The number of hydrogen-bond acceptors (Lipinski definition) is 3. The molecule has 0 amide bonds. The van der Waals surface area contributed by atoms with Gasteiger partial charge in [0.2, 0.25) is 0 Å². The van der Waals surface area contributed by atoms with Crippen molar-refractivity contribution in [2.75, 3.05) is 13.2 Å². The Bertz CT molecular complexity index is 634. The highest BCUT2D eigenvalue weighted by atomic mass is 19.2. The van der Waals surface area contributed by atoms with Crippen LogP contribution in [0.4, 0.5) is 13.2 Å². The lowest BCUT2D eigenvalue weighted by atomic mass is 10.1. The van der Waals surface area contributed by atoms with Crippen LogP contribution < -0.4 is 10.1 Å². The molecule has 2 atom stereocenters. The van der Waals surface area contributed by atoms with Crippen LogP contribution in [0, 0.1) is 17.5 Å². The Labute approximate surface area is 132 Å². The molecule has 0 fully saturated rings. The topological polar surface area (TPSA) is 41.5 Å². The van der Waals surface area contributed by atoms with Gasteiger partial charge in [-0.3, -0.25) is 0 Å². The van der Waals surface area contributed by atoms with Gasteiger partial charge in [0.25, 0.3) is 0 Å². The van der Waals surface area contributed by atoms with E-state index >= 15 is 0 Å². The third kappa shape index (κ3) is 4.97. The highest BCUT2D eigenvalue weighted by Gasteiger charge is 2.15. The van der Waals surface area contributed by atoms with Gasteiger partial charge in [0.15, 0.2) is 11.6 Å². The van der Waals surface area contributed by atoms with Gasteiger partial charge < -0.3 is 15.2 Å². The van der Waals surface area contributed by atoms with Gasteiger partial charge in [0.05, 0.1) is 0 Å². The fourth-order valence-electron chi connectivity index (χ4n) is 2.06. The van der Waals surface area contributed by atoms with Crippen molar-refractivity contribution in [1.82, 2.24) is 5.32 Å². The fourth-order valence-corrected chi connectivity index (χ4v) is 2.06. The quantitative estimate of drug-likeness (QED) is 0.821. The Morgan fingerprint density at radius 2 is 1.78 bits per heavy atom. The standard InChI is InChI=1S/C17H18F3NO2/c1-11(15-3-2-4-16(19)17(15)20)21-9-13(22)10-23-14-7-5-12(18)6-8-14/h2-8,11,13,21-22H,9-10H2,1H3. The summed E-state index contributed by atoms with van der Waals surface area (Å²) in [6, 6.07) is 8.93. The molecule has 0 aliphatic carbocycles. The van der Waals surface area contributed by atoms with Gasteiger partial charge in [-0.2, -0.15) is 0 Å². The van der Waals surface area contributed by atoms with Crippen LogP contribution in [0.2, 0.25) is 0 Å². The molecule has 124 valence electrons. The summed E-state index contributed by atoms with van der Waals surface area (Å²) >= 11 is 0. The van der Waals surface area contributed by atoms with E-state index in [0.717, 1.165) is 6.07 Å². The van der Waals surface area contributed by atoms with Crippen molar-refractivity contribution in [2.24, 2.45) is 0 Å². The summed E-state index contributed by atoms with van der Waals surface area (Å²) in [6.07, 6.45) is -0.848. The molecule has 6 heteroatoms. The minimum Gasteiger partial charge on any atom is -0.491 e. The molecular formula is C17H18F3NO2. The summed E-state index contributed by atoms with van der Waals surface area (Å²) < 4.78 is 44.9. The first kappa shape index (κ1) is 17.3. The van der Waals surface area contributed by atoms with E-state index in [9.17, 15) is 18.3 Å². The molecule has 23 heavy (non-hydrogen) atoms. The van der Waals surface area contributed by atoms with Crippen molar-refractivity contribution in [3.05, 3.63) is 65.5 Å². The lowest BCUT2D eigenvalue weighted by molar-refractivity contribution is 0.104. The van der Waals surface area contributed by atoms with Crippen LogP contribution >= 0.6 is 0 Å². The third-order valence-electron chi connectivity index (χ3n) is 3.36. The van der Waals surface area contributed by atoms with Crippen LogP contribution in [0.3, 0.4) is 0 Å². The Kier molecular flexibility index (Phi) is 6.01. The van der Waals surface area contributed by atoms with Gasteiger partial charge in [-0.25, -0.2) is 13.2 Å². The predicted molar refractivity (Wildman–Crippen MR) is 80.7 cm³/mol. The van der Waals surface area contributed by atoms with Crippen molar-refractivity contribution >= 4 is 0 Å². The van der Waals surface area contributed by atoms with E-state index in [1.165, 1.54) is 36.4 Å². The molecule has 0 saturated carbocycles. The second kappa shape index (κ2) is 7.99. The zero-order chi connectivity index (χ0) is 16.8. The van der Waals surface area contributed by atoms with Gasteiger partial charge >= 0.3 is 0 Å². The maximum Gasteiger partial charge on any atom is 0.163 e. The van der Waals surface area contributed by atoms with Crippen LogP contribution in [0.1, 0.15) is 18.5 Å². The van der Waals surface area contributed by atoms with Crippen LogP contribution in [0.5, 0.6) is 5.75 Å². The lowest BCUT2D eigenvalue weighted by Gasteiger charge is -2.18. The lowest BCUT2D eigenvalue weighted by Crippen LogP contribution is -2.33. The van der Waals surface area contributed by atoms with Crippen molar-refractivity contribution < 1.29 is 23.0 Å². The number of aliphatic hydroxyl groups is 1. The van der Waals surface area contributed by atoms with Gasteiger partial charge in [-0.1, -0.05) is 12.1 Å². The van der Waals surface area contributed by atoms with E-state index in [2.05, 4.69) is 5.32 Å². The molecule has 0 radical (unpaired) electrons. The molecule has 0 aliphatic heterocycles. The molecule has 0 aromatic heterocycles. The third-order valence-corrected chi connectivity index (χ3v) is 3.36. The summed E-state index contributed by atoms with van der Waals surface area (Å²) in [6.45, 7) is 1.81. The van der Waals surface area contributed by atoms with E-state index in [0.29, 0.717) is 5.75 Å². The Balaban J connectivity index is 1.80.